The first-order valence-corrected chi connectivity index (χ1v) is 4.52. The number of nitrogens with zero attached hydrogens (tertiary/aromatic N) is 1. The second-order valence-electron chi connectivity index (χ2n) is 3.11. The predicted octanol–water partition coefficient (Wildman–Crippen LogP) is 0.0984. The van der Waals surface area contributed by atoms with Crippen molar-refractivity contribution in [3.63, 3.8) is 0 Å². The quantitative estimate of drug-likeness (QED) is 0.438. The van der Waals surface area contributed by atoms with Crippen LogP contribution in [0, 0.1) is 16.7 Å². The zero-order valence-electron chi connectivity index (χ0n) is 7.92. The lowest BCUT2D eigenvalue weighted by Gasteiger charge is -2.24. The van der Waals surface area contributed by atoms with E-state index in [1.54, 1.807) is 0 Å². The zero-order valence-corrected chi connectivity index (χ0v) is 7.92. The van der Waals surface area contributed by atoms with Crippen molar-refractivity contribution < 1.29 is 4.74 Å². The maximum Gasteiger partial charge on any atom is 0.116 e. The Bertz CT molecular complexity index is 273. The predicted molar refractivity (Wildman–Crippen MR) is 52.6 cm³/mol. The molecule has 1 heterocycles. The van der Waals surface area contributed by atoms with Gasteiger partial charge in [0.2, 0.25) is 0 Å². The third-order valence-electron chi connectivity index (χ3n) is 2.14. The standard InChI is InChI=1S/C9H14N4O/c10-5-7(6-11)9(12)13-8-1-3-14-4-2-8/h5,8,10,13H,1-4,12H2/b9-7+,10-5?. The Labute approximate surface area is 83.0 Å². The molecule has 0 saturated carbocycles. The molecular weight excluding hydrogens is 180 g/mol. The third-order valence-corrected chi connectivity index (χ3v) is 2.14. The molecule has 1 rings (SSSR count). The van der Waals surface area contributed by atoms with Crippen LogP contribution in [0.4, 0.5) is 0 Å². The molecule has 0 atom stereocenters. The molecular formula is C9H14N4O. The van der Waals surface area contributed by atoms with E-state index in [1.807, 2.05) is 6.07 Å². The average molecular weight is 194 g/mol. The fraction of sp³-hybridized carbons (Fsp3) is 0.556. The van der Waals surface area contributed by atoms with Gasteiger partial charge >= 0.3 is 0 Å². The Morgan fingerprint density at radius 3 is 2.71 bits per heavy atom. The molecule has 0 amide bonds. The van der Waals surface area contributed by atoms with Crippen molar-refractivity contribution in [2.24, 2.45) is 5.73 Å². The lowest BCUT2D eigenvalue weighted by molar-refractivity contribution is 0.0803. The van der Waals surface area contributed by atoms with Crippen LogP contribution in [-0.2, 0) is 4.74 Å². The minimum Gasteiger partial charge on any atom is -0.384 e. The number of nitrogens with two attached hydrogens (primary N) is 1. The van der Waals surface area contributed by atoms with E-state index in [1.165, 1.54) is 0 Å². The van der Waals surface area contributed by atoms with Crippen molar-refractivity contribution in [3.05, 3.63) is 11.4 Å². The minimum atomic E-state index is 0.177. The summed E-state index contributed by atoms with van der Waals surface area (Å²) >= 11 is 0. The third kappa shape index (κ3) is 2.75. The second-order valence-corrected chi connectivity index (χ2v) is 3.11. The normalized spacial score (nSPS) is 19.4. The molecule has 1 fully saturated rings. The molecule has 0 radical (unpaired) electrons. The van der Waals surface area contributed by atoms with Gasteiger partial charge < -0.3 is 21.2 Å². The van der Waals surface area contributed by atoms with E-state index in [4.69, 9.17) is 21.1 Å². The highest BCUT2D eigenvalue weighted by Gasteiger charge is 2.14. The number of nitriles is 1. The topological polar surface area (TPSA) is 94.9 Å². The van der Waals surface area contributed by atoms with Gasteiger partial charge in [0.25, 0.3) is 0 Å². The fourth-order valence-corrected chi connectivity index (χ4v) is 1.31. The molecule has 0 bridgehead atoms. The molecule has 1 saturated heterocycles. The highest BCUT2D eigenvalue weighted by Crippen LogP contribution is 2.07. The maximum absolute atomic E-state index is 8.62. The first kappa shape index (κ1) is 10.5. The van der Waals surface area contributed by atoms with Gasteiger partial charge in [0, 0.05) is 25.5 Å². The monoisotopic (exact) mass is 194 g/mol. The minimum absolute atomic E-state index is 0.177. The Morgan fingerprint density at radius 1 is 1.57 bits per heavy atom. The van der Waals surface area contributed by atoms with E-state index in [2.05, 4.69) is 5.32 Å². The van der Waals surface area contributed by atoms with Gasteiger partial charge in [-0.25, -0.2) is 0 Å². The molecule has 0 aromatic rings. The smallest absolute Gasteiger partial charge is 0.116 e. The summed E-state index contributed by atoms with van der Waals surface area (Å²) in [6.07, 6.45) is 2.73. The van der Waals surface area contributed by atoms with Crippen LogP contribution in [0.3, 0.4) is 0 Å². The summed E-state index contributed by atoms with van der Waals surface area (Å²) < 4.78 is 5.19. The van der Waals surface area contributed by atoms with Crippen molar-refractivity contribution in [1.29, 1.82) is 10.7 Å². The Kier molecular flexibility index (Phi) is 3.95. The van der Waals surface area contributed by atoms with Crippen LogP contribution in [0.1, 0.15) is 12.8 Å². The van der Waals surface area contributed by atoms with E-state index in [9.17, 15) is 0 Å². The fourth-order valence-electron chi connectivity index (χ4n) is 1.31. The van der Waals surface area contributed by atoms with Gasteiger partial charge in [-0.05, 0) is 12.8 Å². The molecule has 5 heteroatoms. The average Bonchev–Trinajstić information content (AvgIpc) is 2.21. The molecule has 14 heavy (non-hydrogen) atoms. The molecule has 76 valence electrons. The van der Waals surface area contributed by atoms with Crippen molar-refractivity contribution in [3.8, 4) is 6.07 Å². The largest absolute Gasteiger partial charge is 0.384 e. The summed E-state index contributed by atoms with van der Waals surface area (Å²) in [6, 6.07) is 2.12. The molecule has 0 aromatic heterocycles. The molecule has 0 aliphatic carbocycles. The van der Waals surface area contributed by atoms with Gasteiger partial charge in [0.1, 0.15) is 17.5 Å². The number of nitrogens with one attached hydrogen (secondary N) is 2. The summed E-state index contributed by atoms with van der Waals surface area (Å²) in [6.45, 7) is 1.44. The molecule has 4 N–H and O–H groups in total. The van der Waals surface area contributed by atoms with Crippen LogP contribution in [0.5, 0.6) is 0 Å². The maximum atomic E-state index is 8.62. The van der Waals surface area contributed by atoms with Crippen LogP contribution in [0.15, 0.2) is 11.4 Å². The zero-order chi connectivity index (χ0) is 10.4. The van der Waals surface area contributed by atoms with Crippen LogP contribution in [-0.4, -0.2) is 25.5 Å². The van der Waals surface area contributed by atoms with Gasteiger partial charge in [0.15, 0.2) is 0 Å². The van der Waals surface area contributed by atoms with E-state index < -0.39 is 0 Å². The number of hydrogen-bond donors (Lipinski definition) is 3. The number of allylic oxidation sites excluding steroid dienone is 1. The van der Waals surface area contributed by atoms with Gasteiger partial charge in [0.05, 0.1) is 0 Å². The van der Waals surface area contributed by atoms with Crippen molar-refractivity contribution >= 4 is 6.21 Å². The van der Waals surface area contributed by atoms with Crippen molar-refractivity contribution in [1.82, 2.24) is 5.32 Å². The Hall–Kier alpha value is -1.54. The van der Waals surface area contributed by atoms with Crippen LogP contribution >= 0.6 is 0 Å². The molecule has 5 nitrogen and oxygen atoms in total. The summed E-state index contributed by atoms with van der Waals surface area (Å²) in [4.78, 5) is 0. The van der Waals surface area contributed by atoms with E-state index in [-0.39, 0.29) is 17.4 Å². The summed E-state index contributed by atoms with van der Waals surface area (Å²) in [7, 11) is 0. The van der Waals surface area contributed by atoms with Crippen LogP contribution in [0.2, 0.25) is 0 Å². The van der Waals surface area contributed by atoms with Gasteiger partial charge in [-0.15, -0.1) is 0 Å². The van der Waals surface area contributed by atoms with Crippen LogP contribution in [0.25, 0.3) is 0 Å². The van der Waals surface area contributed by atoms with E-state index in [0.29, 0.717) is 0 Å². The van der Waals surface area contributed by atoms with Crippen LogP contribution < -0.4 is 11.1 Å². The van der Waals surface area contributed by atoms with Gasteiger partial charge in [-0.3, -0.25) is 0 Å². The lowest BCUT2D eigenvalue weighted by atomic mass is 10.1. The Balaban J connectivity index is 2.54. The molecule has 1 aliphatic heterocycles. The van der Waals surface area contributed by atoms with Crippen molar-refractivity contribution in [2.45, 2.75) is 18.9 Å². The van der Waals surface area contributed by atoms with Gasteiger partial charge in [-0.2, -0.15) is 5.26 Å². The number of rotatable bonds is 3. The van der Waals surface area contributed by atoms with Crippen molar-refractivity contribution in [2.75, 3.05) is 13.2 Å². The molecule has 0 spiro atoms. The first-order chi connectivity index (χ1) is 6.77. The van der Waals surface area contributed by atoms with E-state index >= 15 is 0 Å². The summed E-state index contributed by atoms with van der Waals surface area (Å²) in [5.74, 6) is 0.286. The molecule has 0 unspecified atom stereocenters. The SMILES string of the molecule is N#C/C(C=N)=C(\N)NC1CCOCC1. The van der Waals surface area contributed by atoms with E-state index in [0.717, 1.165) is 32.3 Å². The summed E-state index contributed by atoms with van der Waals surface area (Å²) in [5.41, 5.74) is 5.80. The number of ether oxygens (including phenoxy) is 1. The number of hydrogen-bond acceptors (Lipinski definition) is 5. The highest BCUT2D eigenvalue weighted by molar-refractivity contribution is 5.81. The molecule has 0 aromatic carbocycles. The van der Waals surface area contributed by atoms with Gasteiger partial charge in [-0.1, -0.05) is 0 Å². The second kappa shape index (κ2) is 5.25. The Morgan fingerprint density at radius 2 is 2.21 bits per heavy atom. The lowest BCUT2D eigenvalue weighted by Crippen LogP contribution is -2.37. The highest BCUT2D eigenvalue weighted by atomic mass is 16.5. The first-order valence-electron chi connectivity index (χ1n) is 4.52. The summed E-state index contributed by atoms with van der Waals surface area (Å²) in [5, 5.41) is 18.6. The molecule has 1 aliphatic rings.